The van der Waals surface area contributed by atoms with Crippen LogP contribution in [0.1, 0.15) is 31.7 Å². The maximum absolute atomic E-state index is 4.16. The van der Waals surface area contributed by atoms with Gasteiger partial charge in [-0.15, -0.1) is 6.58 Å². The van der Waals surface area contributed by atoms with Crippen LogP contribution in [0, 0.1) is 11.8 Å². The van der Waals surface area contributed by atoms with Crippen molar-refractivity contribution in [3.05, 3.63) is 60.7 Å². The molecule has 0 aromatic heterocycles. The molecule has 2 unspecified atom stereocenters. The summed E-state index contributed by atoms with van der Waals surface area (Å²) in [4.78, 5) is 0. The fraction of sp³-hybridized carbons (Fsp3) is 0.444. The molecule has 0 spiro atoms. The minimum Gasteiger partial charge on any atom is -0.306 e. The van der Waals surface area contributed by atoms with Gasteiger partial charge >= 0.3 is 0 Å². The smallest absolute Gasteiger partial charge is 0.0308 e. The topological polar surface area (TPSA) is 12.0 Å². The zero-order valence-electron chi connectivity index (χ0n) is 11.9. The van der Waals surface area contributed by atoms with E-state index in [1.165, 1.54) is 24.0 Å². The molecule has 0 aliphatic heterocycles. The lowest BCUT2D eigenvalue weighted by Crippen LogP contribution is -2.32. The second kappa shape index (κ2) is 6.72. The molecule has 1 aliphatic carbocycles. The van der Waals surface area contributed by atoms with Gasteiger partial charge in [0.05, 0.1) is 0 Å². The highest BCUT2D eigenvalue weighted by Gasteiger charge is 2.41. The minimum atomic E-state index is 0.468. The molecule has 19 heavy (non-hydrogen) atoms. The van der Waals surface area contributed by atoms with E-state index in [9.17, 15) is 0 Å². The summed E-state index contributed by atoms with van der Waals surface area (Å²) < 4.78 is 0. The first kappa shape index (κ1) is 14.1. The van der Waals surface area contributed by atoms with E-state index >= 15 is 0 Å². The van der Waals surface area contributed by atoms with Crippen LogP contribution in [-0.2, 0) is 6.54 Å². The third-order valence-corrected chi connectivity index (χ3v) is 4.05. The van der Waals surface area contributed by atoms with Gasteiger partial charge in [-0.1, -0.05) is 48.6 Å². The third kappa shape index (κ3) is 4.07. The SMILES string of the molecule is C=CCC[C@@H]1CC1C(NCc1ccccc1)C(=C)C. The van der Waals surface area contributed by atoms with Gasteiger partial charge in [0.25, 0.3) is 0 Å². The van der Waals surface area contributed by atoms with E-state index in [2.05, 4.69) is 55.7 Å². The Hall–Kier alpha value is -1.34. The molecular weight excluding hydrogens is 230 g/mol. The fourth-order valence-corrected chi connectivity index (χ4v) is 2.86. The zero-order valence-corrected chi connectivity index (χ0v) is 11.9. The van der Waals surface area contributed by atoms with E-state index in [0.717, 1.165) is 24.8 Å². The molecule has 0 heterocycles. The van der Waals surface area contributed by atoms with E-state index in [1.807, 2.05) is 6.08 Å². The Morgan fingerprint density at radius 3 is 2.79 bits per heavy atom. The van der Waals surface area contributed by atoms with Gasteiger partial charge in [0.2, 0.25) is 0 Å². The quantitative estimate of drug-likeness (QED) is 0.682. The van der Waals surface area contributed by atoms with E-state index < -0.39 is 0 Å². The molecule has 2 rings (SSSR count). The first-order chi connectivity index (χ1) is 9.22. The first-order valence-electron chi connectivity index (χ1n) is 7.26. The average Bonchev–Trinajstić information content (AvgIpc) is 3.17. The molecule has 1 nitrogen and oxygen atoms in total. The molecule has 102 valence electrons. The number of allylic oxidation sites excluding steroid dienone is 1. The van der Waals surface area contributed by atoms with Gasteiger partial charge < -0.3 is 5.32 Å². The van der Waals surface area contributed by atoms with Crippen LogP contribution in [0.5, 0.6) is 0 Å². The van der Waals surface area contributed by atoms with Crippen LogP contribution in [0.15, 0.2) is 55.1 Å². The highest BCUT2D eigenvalue weighted by molar-refractivity contribution is 5.17. The molecule has 1 saturated carbocycles. The van der Waals surface area contributed by atoms with E-state index in [-0.39, 0.29) is 0 Å². The second-order valence-corrected chi connectivity index (χ2v) is 5.72. The van der Waals surface area contributed by atoms with Crippen molar-refractivity contribution in [3.8, 4) is 0 Å². The summed E-state index contributed by atoms with van der Waals surface area (Å²) in [5.41, 5.74) is 2.61. The summed E-state index contributed by atoms with van der Waals surface area (Å²) in [7, 11) is 0. The third-order valence-electron chi connectivity index (χ3n) is 4.05. The zero-order chi connectivity index (χ0) is 13.7. The van der Waals surface area contributed by atoms with E-state index in [4.69, 9.17) is 0 Å². The van der Waals surface area contributed by atoms with Crippen molar-refractivity contribution in [1.82, 2.24) is 5.32 Å². The van der Waals surface area contributed by atoms with Crippen molar-refractivity contribution in [3.63, 3.8) is 0 Å². The summed E-state index contributed by atoms with van der Waals surface area (Å²) in [6, 6.07) is 11.1. The Morgan fingerprint density at radius 2 is 2.16 bits per heavy atom. The summed E-state index contributed by atoms with van der Waals surface area (Å²) in [5, 5.41) is 3.68. The fourth-order valence-electron chi connectivity index (χ4n) is 2.86. The van der Waals surface area contributed by atoms with Crippen molar-refractivity contribution >= 4 is 0 Å². The molecule has 1 fully saturated rings. The minimum absolute atomic E-state index is 0.468. The van der Waals surface area contributed by atoms with Gasteiger partial charge in [0.15, 0.2) is 0 Å². The molecule has 0 radical (unpaired) electrons. The molecule has 1 heteroatoms. The molecule has 0 saturated heterocycles. The normalized spacial score (nSPS) is 22.8. The predicted octanol–water partition coefficient (Wildman–Crippen LogP) is 4.32. The van der Waals surface area contributed by atoms with Gasteiger partial charge in [-0.3, -0.25) is 0 Å². The Labute approximate surface area is 117 Å². The lowest BCUT2D eigenvalue weighted by molar-refractivity contribution is 0.482. The van der Waals surface area contributed by atoms with Crippen molar-refractivity contribution in [2.75, 3.05) is 0 Å². The van der Waals surface area contributed by atoms with Gasteiger partial charge in [-0.25, -0.2) is 0 Å². The number of rotatable bonds is 8. The predicted molar refractivity (Wildman–Crippen MR) is 82.9 cm³/mol. The molecule has 3 atom stereocenters. The number of benzene rings is 1. The number of hydrogen-bond donors (Lipinski definition) is 1. The van der Waals surface area contributed by atoms with Crippen LogP contribution in [-0.4, -0.2) is 6.04 Å². The van der Waals surface area contributed by atoms with Crippen molar-refractivity contribution in [2.24, 2.45) is 11.8 Å². The lowest BCUT2D eigenvalue weighted by Gasteiger charge is -2.19. The molecule has 0 amide bonds. The van der Waals surface area contributed by atoms with Crippen LogP contribution in [0.25, 0.3) is 0 Å². The summed E-state index contributed by atoms with van der Waals surface area (Å²) in [6.45, 7) is 11.0. The summed E-state index contributed by atoms with van der Waals surface area (Å²) in [6.07, 6.45) is 5.80. The number of nitrogens with one attached hydrogen (secondary N) is 1. The highest BCUT2D eigenvalue weighted by atomic mass is 14.9. The monoisotopic (exact) mass is 255 g/mol. The highest BCUT2D eigenvalue weighted by Crippen LogP contribution is 2.46. The van der Waals surface area contributed by atoms with Crippen molar-refractivity contribution in [1.29, 1.82) is 0 Å². The summed E-state index contributed by atoms with van der Waals surface area (Å²) >= 11 is 0. The largest absolute Gasteiger partial charge is 0.306 e. The Balaban J connectivity index is 1.84. The molecule has 0 bridgehead atoms. The van der Waals surface area contributed by atoms with Crippen LogP contribution in [0.3, 0.4) is 0 Å². The van der Waals surface area contributed by atoms with Crippen LogP contribution in [0.2, 0.25) is 0 Å². The summed E-state index contributed by atoms with van der Waals surface area (Å²) in [5.74, 6) is 1.64. The van der Waals surface area contributed by atoms with Crippen LogP contribution in [0.4, 0.5) is 0 Å². The molecule has 1 N–H and O–H groups in total. The van der Waals surface area contributed by atoms with Gasteiger partial charge in [-0.05, 0) is 43.6 Å². The molecule has 1 aromatic rings. The second-order valence-electron chi connectivity index (χ2n) is 5.72. The lowest BCUT2D eigenvalue weighted by atomic mass is 10.0. The van der Waals surface area contributed by atoms with Crippen molar-refractivity contribution < 1.29 is 0 Å². The van der Waals surface area contributed by atoms with Crippen LogP contribution < -0.4 is 5.32 Å². The van der Waals surface area contributed by atoms with E-state index in [1.54, 1.807) is 0 Å². The Kier molecular flexibility index (Phi) is 4.98. The Bertz CT molecular complexity index is 421. The molecule has 1 aliphatic rings. The maximum Gasteiger partial charge on any atom is 0.0308 e. The van der Waals surface area contributed by atoms with Gasteiger partial charge in [-0.2, -0.15) is 0 Å². The maximum atomic E-state index is 4.16. The van der Waals surface area contributed by atoms with Gasteiger partial charge in [0.1, 0.15) is 0 Å². The average molecular weight is 255 g/mol. The van der Waals surface area contributed by atoms with Gasteiger partial charge in [0, 0.05) is 12.6 Å². The standard InChI is InChI=1S/C18H25N/c1-4-5-11-16-12-17(16)18(14(2)3)19-13-15-9-7-6-8-10-15/h4,6-10,16-19H,1-2,5,11-13H2,3H3/t16-,17?,18?/m1/s1. The molecular formula is C18H25N. The van der Waals surface area contributed by atoms with E-state index in [0.29, 0.717) is 6.04 Å². The first-order valence-corrected chi connectivity index (χ1v) is 7.26. The Morgan fingerprint density at radius 1 is 1.42 bits per heavy atom. The number of hydrogen-bond acceptors (Lipinski definition) is 1. The molecule has 1 aromatic carbocycles. The van der Waals surface area contributed by atoms with Crippen molar-refractivity contribution in [2.45, 2.75) is 38.8 Å². The van der Waals surface area contributed by atoms with Crippen LogP contribution >= 0.6 is 0 Å².